The van der Waals surface area contributed by atoms with E-state index in [0.29, 0.717) is 0 Å². The molecule has 2 heterocycles. The number of ether oxygens (including phenoxy) is 1. The second kappa shape index (κ2) is 7.31. The highest BCUT2D eigenvalue weighted by atomic mass is 32.2. The average Bonchev–Trinajstić information content (AvgIpc) is 2.90. The van der Waals surface area contributed by atoms with E-state index in [1.807, 2.05) is 12.1 Å². The highest BCUT2D eigenvalue weighted by Crippen LogP contribution is 2.33. The number of rotatable bonds is 6. The van der Waals surface area contributed by atoms with Gasteiger partial charge in [0.15, 0.2) is 0 Å². The summed E-state index contributed by atoms with van der Waals surface area (Å²) in [4.78, 5) is 8.28. The number of nitrogens with one attached hydrogen (secondary N) is 1. The molecule has 3 nitrogen and oxygen atoms in total. The van der Waals surface area contributed by atoms with Crippen molar-refractivity contribution in [3.05, 3.63) is 52.8 Å². The Bertz CT molecular complexity index is 837. The summed E-state index contributed by atoms with van der Waals surface area (Å²) in [5, 5.41) is 2.44. The summed E-state index contributed by atoms with van der Waals surface area (Å²) in [7, 11) is 1.69. The van der Waals surface area contributed by atoms with Gasteiger partial charge >= 0.3 is 0 Å². The van der Waals surface area contributed by atoms with Crippen molar-refractivity contribution >= 4 is 22.7 Å². The smallest absolute Gasteiger partial charge is 0.120 e. The van der Waals surface area contributed by atoms with Crippen LogP contribution in [0.4, 0.5) is 0 Å². The van der Waals surface area contributed by atoms with Gasteiger partial charge in [0.1, 0.15) is 10.8 Å². The van der Waals surface area contributed by atoms with Crippen LogP contribution in [0.15, 0.2) is 35.5 Å². The van der Waals surface area contributed by atoms with Crippen molar-refractivity contribution in [3.63, 3.8) is 0 Å². The molecule has 3 aromatic rings. The monoisotopic (exact) mass is 340 g/mol. The number of aromatic nitrogens is 2. The maximum atomic E-state index is 5.22. The maximum Gasteiger partial charge on any atom is 0.120 e. The van der Waals surface area contributed by atoms with Gasteiger partial charge < -0.3 is 9.72 Å². The van der Waals surface area contributed by atoms with Crippen molar-refractivity contribution in [1.29, 1.82) is 0 Å². The molecule has 24 heavy (non-hydrogen) atoms. The summed E-state index contributed by atoms with van der Waals surface area (Å²) >= 11 is 1.78. The molecular weight excluding hydrogens is 316 g/mol. The molecule has 0 saturated carbocycles. The third kappa shape index (κ3) is 3.29. The lowest BCUT2D eigenvalue weighted by molar-refractivity contribution is 0.414. The van der Waals surface area contributed by atoms with Crippen LogP contribution in [0.1, 0.15) is 35.7 Å². The van der Waals surface area contributed by atoms with Crippen molar-refractivity contribution in [2.75, 3.05) is 7.11 Å². The Kier molecular flexibility index (Phi) is 5.14. The molecule has 0 atom stereocenters. The lowest BCUT2D eigenvalue weighted by Crippen LogP contribution is -1.92. The first-order valence-electron chi connectivity index (χ1n) is 8.36. The zero-order chi connectivity index (χ0) is 17.1. The van der Waals surface area contributed by atoms with E-state index in [9.17, 15) is 0 Å². The lowest BCUT2D eigenvalue weighted by Gasteiger charge is -2.08. The molecule has 0 saturated heterocycles. The number of aryl methyl sites for hydroxylation is 3. The minimum absolute atomic E-state index is 0.892. The number of hydrogen-bond donors (Lipinski definition) is 1. The van der Waals surface area contributed by atoms with Crippen LogP contribution in [0.5, 0.6) is 5.75 Å². The van der Waals surface area contributed by atoms with Gasteiger partial charge in [-0.1, -0.05) is 37.2 Å². The molecule has 1 aromatic carbocycles. The van der Waals surface area contributed by atoms with Crippen LogP contribution in [0.25, 0.3) is 10.9 Å². The normalized spacial score (nSPS) is 11.2. The molecule has 0 radical (unpaired) electrons. The number of benzene rings is 1. The summed E-state index contributed by atoms with van der Waals surface area (Å²) in [5.41, 5.74) is 6.40. The molecule has 4 heteroatoms. The standard InChI is InChI=1S/C20H24N2OS/c1-5-6-16-11-21-20(19-18(16)13(2)14(3)22-19)24-12-15-7-9-17(23-4)10-8-15/h7-11,22H,5-6,12H2,1-4H3. The zero-order valence-corrected chi connectivity index (χ0v) is 15.6. The first kappa shape index (κ1) is 16.9. The van der Waals surface area contributed by atoms with Crippen molar-refractivity contribution in [1.82, 2.24) is 9.97 Å². The van der Waals surface area contributed by atoms with E-state index in [1.54, 1.807) is 18.9 Å². The van der Waals surface area contributed by atoms with Gasteiger partial charge in [-0.25, -0.2) is 4.98 Å². The molecule has 0 aliphatic carbocycles. The molecule has 1 N–H and O–H groups in total. The predicted octanol–water partition coefficient (Wildman–Crippen LogP) is 5.43. The quantitative estimate of drug-likeness (QED) is 0.608. The highest BCUT2D eigenvalue weighted by Gasteiger charge is 2.14. The van der Waals surface area contributed by atoms with Gasteiger partial charge in [0.25, 0.3) is 0 Å². The van der Waals surface area contributed by atoms with Gasteiger partial charge in [-0.3, -0.25) is 0 Å². The van der Waals surface area contributed by atoms with Gasteiger partial charge in [0.05, 0.1) is 12.6 Å². The molecule has 0 aliphatic heterocycles. The fraction of sp³-hybridized carbons (Fsp3) is 0.350. The molecule has 0 bridgehead atoms. The third-order valence-electron chi connectivity index (χ3n) is 4.43. The Morgan fingerprint density at radius 3 is 2.58 bits per heavy atom. The fourth-order valence-electron chi connectivity index (χ4n) is 2.99. The van der Waals surface area contributed by atoms with Crippen molar-refractivity contribution in [2.24, 2.45) is 0 Å². The number of fused-ring (bicyclic) bond motifs is 1. The van der Waals surface area contributed by atoms with Crippen LogP contribution < -0.4 is 4.74 Å². The summed E-state index contributed by atoms with van der Waals surface area (Å²) in [6.45, 7) is 6.56. The zero-order valence-electron chi connectivity index (χ0n) is 14.8. The topological polar surface area (TPSA) is 37.9 Å². The summed E-state index contributed by atoms with van der Waals surface area (Å²) in [6.07, 6.45) is 4.27. The number of nitrogens with zero attached hydrogens (tertiary/aromatic N) is 1. The van der Waals surface area contributed by atoms with E-state index in [1.165, 1.54) is 33.3 Å². The molecule has 3 rings (SSSR count). The van der Waals surface area contributed by atoms with Crippen LogP contribution in [0.2, 0.25) is 0 Å². The van der Waals surface area contributed by atoms with E-state index < -0.39 is 0 Å². The number of H-pyrrole nitrogens is 1. The fourth-order valence-corrected chi connectivity index (χ4v) is 3.91. The Hall–Kier alpha value is -1.94. The number of aromatic amines is 1. The second-order valence-electron chi connectivity index (χ2n) is 6.10. The Balaban J connectivity index is 1.89. The first-order valence-corrected chi connectivity index (χ1v) is 9.35. The van der Waals surface area contributed by atoms with E-state index >= 15 is 0 Å². The Labute approximate surface area is 147 Å². The van der Waals surface area contributed by atoms with E-state index in [2.05, 4.69) is 44.1 Å². The molecule has 2 aromatic heterocycles. The van der Waals surface area contributed by atoms with Gasteiger partial charge in [0, 0.05) is 23.0 Å². The minimum atomic E-state index is 0.892. The molecule has 0 amide bonds. The third-order valence-corrected chi connectivity index (χ3v) is 5.49. The van der Waals surface area contributed by atoms with Crippen LogP contribution >= 0.6 is 11.8 Å². The van der Waals surface area contributed by atoms with Crippen LogP contribution in [0, 0.1) is 13.8 Å². The molecule has 0 spiro atoms. The first-order chi connectivity index (χ1) is 11.6. The highest BCUT2D eigenvalue weighted by molar-refractivity contribution is 7.98. The number of methoxy groups -OCH3 is 1. The molecular formula is C20H24N2OS. The van der Waals surface area contributed by atoms with Gasteiger partial charge in [-0.05, 0) is 49.1 Å². The Morgan fingerprint density at radius 2 is 1.92 bits per heavy atom. The van der Waals surface area contributed by atoms with Crippen molar-refractivity contribution in [2.45, 2.75) is 44.4 Å². The SMILES string of the molecule is CCCc1cnc(SCc2ccc(OC)cc2)c2[nH]c(C)c(C)c12. The van der Waals surface area contributed by atoms with E-state index in [-0.39, 0.29) is 0 Å². The number of thioether (sulfide) groups is 1. The van der Waals surface area contributed by atoms with Crippen LogP contribution in [-0.4, -0.2) is 17.1 Å². The van der Waals surface area contributed by atoms with Crippen molar-refractivity contribution in [3.8, 4) is 5.75 Å². The van der Waals surface area contributed by atoms with Crippen molar-refractivity contribution < 1.29 is 4.74 Å². The summed E-state index contributed by atoms with van der Waals surface area (Å²) in [6, 6.07) is 8.23. The van der Waals surface area contributed by atoms with Crippen LogP contribution in [-0.2, 0) is 12.2 Å². The molecule has 0 fully saturated rings. The number of pyridine rings is 1. The second-order valence-corrected chi connectivity index (χ2v) is 7.06. The molecule has 126 valence electrons. The Morgan fingerprint density at radius 1 is 1.17 bits per heavy atom. The molecule has 0 aliphatic rings. The lowest BCUT2D eigenvalue weighted by atomic mass is 10.0. The summed E-state index contributed by atoms with van der Waals surface area (Å²) in [5.74, 6) is 1.79. The van der Waals surface area contributed by atoms with Crippen LogP contribution in [0.3, 0.4) is 0 Å². The predicted molar refractivity (Wildman–Crippen MR) is 102 cm³/mol. The van der Waals surface area contributed by atoms with E-state index in [4.69, 9.17) is 9.72 Å². The van der Waals surface area contributed by atoms with E-state index in [0.717, 1.165) is 29.4 Å². The average molecular weight is 340 g/mol. The van der Waals surface area contributed by atoms with Gasteiger partial charge in [-0.15, -0.1) is 0 Å². The van der Waals surface area contributed by atoms with Gasteiger partial charge in [0.2, 0.25) is 0 Å². The molecule has 0 unspecified atom stereocenters. The maximum absolute atomic E-state index is 5.22. The van der Waals surface area contributed by atoms with Gasteiger partial charge in [-0.2, -0.15) is 0 Å². The summed E-state index contributed by atoms with van der Waals surface area (Å²) < 4.78 is 5.22. The number of hydrogen-bond acceptors (Lipinski definition) is 3. The largest absolute Gasteiger partial charge is 0.497 e. The minimum Gasteiger partial charge on any atom is -0.497 e.